The fraction of sp³-hybridized carbons (Fsp3) is 0.111. The van der Waals surface area contributed by atoms with Gasteiger partial charge in [-0.2, -0.15) is 0 Å². The lowest BCUT2D eigenvalue weighted by Crippen LogP contribution is -2.59. The molecule has 0 N–H and O–H groups in total. The van der Waals surface area contributed by atoms with Crippen LogP contribution in [0.15, 0.2) is 350 Å². The van der Waals surface area contributed by atoms with Gasteiger partial charge in [0.05, 0.1) is 39.1 Å². The van der Waals surface area contributed by atoms with Crippen LogP contribution in [0.25, 0.3) is 155 Å². The summed E-state index contributed by atoms with van der Waals surface area (Å²) in [6.07, 6.45) is 0. The maximum Gasteiger partial charge on any atom is 0.256 e. The summed E-state index contributed by atoms with van der Waals surface area (Å²) in [6.45, 7) is 20.7. The number of benzene rings is 16. The Kier molecular flexibility index (Phi) is 15.7. The van der Waals surface area contributed by atoms with E-state index >= 15 is 0 Å². The van der Waals surface area contributed by atoms with Gasteiger partial charge >= 0.3 is 0 Å². The van der Waals surface area contributed by atoms with E-state index in [9.17, 15) is 0 Å². The van der Waals surface area contributed by atoms with Crippen LogP contribution in [0.3, 0.4) is 0 Å². The fourth-order valence-corrected chi connectivity index (χ4v) is 18.5. The van der Waals surface area contributed by atoms with Gasteiger partial charge in [-0.1, -0.05) is 317 Å². The summed E-state index contributed by atoms with van der Waals surface area (Å²) in [5.74, 6) is 1.62. The van der Waals surface area contributed by atoms with Crippen molar-refractivity contribution in [1.29, 1.82) is 0 Å². The third-order valence-electron chi connectivity index (χ3n) is 24.3. The Hall–Kier alpha value is -13.4. The van der Waals surface area contributed by atoms with E-state index in [2.05, 4.69) is 422 Å². The van der Waals surface area contributed by atoms with E-state index in [1.165, 1.54) is 43.8 Å². The normalized spacial score (nSPS) is 12.8. The number of anilines is 3. The molecule has 2 aliphatic rings. The highest BCUT2D eigenvalue weighted by atomic mass is 16.5. The highest BCUT2D eigenvalue weighted by Crippen LogP contribution is 2.54. The molecule has 0 saturated heterocycles. The SMILES string of the molecule is CC(C)(C)c1cc(-c2cccc3oc4ccccc4c23)c(-c2ccc3c(c2)N(c2c(-c4ccccc4)cccc2-c2ccccc2)c2cc(-n4c5ccc(C(C)(C)C)cc5c5cc(C(C)(C)C)ccc54)cc4c2B3c2ccc(-c3ccc(-c5ccccc5)cc3-c3ccccc3)cc2O4)c(-n2c3ccccc3c3ccccc32)c1. The molecule has 3 aromatic heterocycles. The molecule has 0 atom stereocenters. The first kappa shape index (κ1) is 68.6. The highest BCUT2D eigenvalue weighted by Gasteiger charge is 2.44. The summed E-state index contributed by atoms with van der Waals surface area (Å²) >= 11 is 0. The predicted octanol–water partition coefficient (Wildman–Crippen LogP) is 27.7. The van der Waals surface area contributed by atoms with Crippen LogP contribution in [0.2, 0.25) is 0 Å². The molecule has 0 aliphatic carbocycles. The molecule has 21 rings (SSSR count). The van der Waals surface area contributed by atoms with Gasteiger partial charge in [0.2, 0.25) is 0 Å². The van der Waals surface area contributed by atoms with Crippen molar-refractivity contribution >= 4 is 106 Å². The van der Waals surface area contributed by atoms with Crippen molar-refractivity contribution in [2.45, 2.75) is 78.6 Å². The van der Waals surface area contributed by atoms with Gasteiger partial charge in [-0.05, 0) is 195 Å². The van der Waals surface area contributed by atoms with E-state index in [0.29, 0.717) is 0 Å². The average molecular weight is 1470 g/mol. The summed E-state index contributed by atoms with van der Waals surface area (Å²) in [6, 6.07) is 129. The van der Waals surface area contributed by atoms with Crippen molar-refractivity contribution in [3.63, 3.8) is 0 Å². The molecule has 546 valence electrons. The molecule has 16 aromatic carbocycles. The van der Waals surface area contributed by atoms with Gasteiger partial charge in [-0.3, -0.25) is 0 Å². The van der Waals surface area contributed by atoms with Gasteiger partial charge in [0.15, 0.2) is 0 Å². The first-order valence-corrected chi connectivity index (χ1v) is 40.1. The van der Waals surface area contributed by atoms with Crippen LogP contribution in [0, 0.1) is 0 Å². The van der Waals surface area contributed by atoms with Crippen molar-refractivity contribution in [3.05, 3.63) is 362 Å². The molecule has 0 spiro atoms. The molecule has 0 saturated carbocycles. The lowest BCUT2D eigenvalue weighted by Gasteiger charge is -2.42. The minimum Gasteiger partial charge on any atom is -0.458 e. The number of aromatic nitrogens is 2. The smallest absolute Gasteiger partial charge is 0.256 e. The van der Waals surface area contributed by atoms with Gasteiger partial charge in [-0.25, -0.2) is 0 Å². The molecule has 0 amide bonds. The summed E-state index contributed by atoms with van der Waals surface area (Å²) in [5, 5.41) is 7.00. The van der Waals surface area contributed by atoms with Gasteiger partial charge < -0.3 is 23.2 Å². The Labute approximate surface area is 666 Å². The number of hydrogen-bond acceptors (Lipinski definition) is 3. The Bertz CT molecular complexity index is 6940. The van der Waals surface area contributed by atoms with Crippen LogP contribution in [0.4, 0.5) is 17.1 Å². The molecule has 0 bridgehead atoms. The van der Waals surface area contributed by atoms with E-state index in [0.717, 1.165) is 173 Å². The minimum absolute atomic E-state index is 0.100. The number of hydrogen-bond donors (Lipinski definition) is 0. The Morgan fingerprint density at radius 3 is 1.39 bits per heavy atom. The van der Waals surface area contributed by atoms with Crippen molar-refractivity contribution in [3.8, 4) is 101 Å². The summed E-state index contributed by atoms with van der Waals surface area (Å²) in [7, 11) is 0. The molecule has 19 aromatic rings. The quantitative estimate of drug-likeness (QED) is 0.128. The summed E-state index contributed by atoms with van der Waals surface area (Å²) < 4.78 is 19.9. The Morgan fingerprint density at radius 2 is 0.781 bits per heavy atom. The van der Waals surface area contributed by atoms with Gasteiger partial charge in [0.25, 0.3) is 6.71 Å². The number of nitrogens with zero attached hydrogens (tertiary/aromatic N) is 3. The second kappa shape index (κ2) is 26.1. The van der Waals surface area contributed by atoms with Gasteiger partial charge in [0.1, 0.15) is 22.7 Å². The highest BCUT2D eigenvalue weighted by molar-refractivity contribution is 6.99. The largest absolute Gasteiger partial charge is 0.458 e. The lowest BCUT2D eigenvalue weighted by molar-refractivity contribution is 0.487. The van der Waals surface area contributed by atoms with Crippen molar-refractivity contribution in [2.24, 2.45) is 0 Å². The predicted molar refractivity (Wildman–Crippen MR) is 482 cm³/mol. The second-order valence-corrected chi connectivity index (χ2v) is 34.3. The van der Waals surface area contributed by atoms with Crippen LogP contribution in [-0.4, -0.2) is 15.8 Å². The van der Waals surface area contributed by atoms with E-state index in [-0.39, 0.29) is 23.0 Å². The third-order valence-corrected chi connectivity index (χ3v) is 24.3. The first-order chi connectivity index (χ1) is 55.4. The molecule has 0 fully saturated rings. The Morgan fingerprint density at radius 1 is 0.272 bits per heavy atom. The van der Waals surface area contributed by atoms with Gasteiger partial charge in [-0.15, -0.1) is 0 Å². The second-order valence-electron chi connectivity index (χ2n) is 34.3. The first-order valence-electron chi connectivity index (χ1n) is 40.1. The van der Waals surface area contributed by atoms with E-state index in [1.807, 2.05) is 0 Å². The third kappa shape index (κ3) is 11.1. The van der Waals surface area contributed by atoms with Crippen LogP contribution in [-0.2, 0) is 16.2 Å². The number of fused-ring (bicyclic) bond motifs is 13. The Balaban J connectivity index is 0.911. The average Bonchev–Trinajstić information content (AvgIpc) is 0.775. The van der Waals surface area contributed by atoms with Gasteiger partial charge in [0, 0.05) is 66.4 Å². The zero-order valence-electron chi connectivity index (χ0n) is 65.6. The van der Waals surface area contributed by atoms with Crippen LogP contribution >= 0.6 is 0 Å². The summed E-state index contributed by atoms with van der Waals surface area (Å²) in [5.41, 5.74) is 33.8. The number of para-hydroxylation sites is 4. The monoisotopic (exact) mass is 1470 g/mol. The zero-order chi connectivity index (χ0) is 77.0. The lowest BCUT2D eigenvalue weighted by atomic mass is 9.34. The molecule has 114 heavy (non-hydrogen) atoms. The number of furan rings is 1. The molecule has 6 heteroatoms. The topological polar surface area (TPSA) is 35.5 Å². The van der Waals surface area contributed by atoms with E-state index < -0.39 is 0 Å². The van der Waals surface area contributed by atoms with Crippen LogP contribution in [0.1, 0.15) is 79.0 Å². The fourth-order valence-electron chi connectivity index (χ4n) is 18.5. The molecule has 2 aliphatic heterocycles. The van der Waals surface area contributed by atoms with Crippen LogP contribution < -0.4 is 26.0 Å². The van der Waals surface area contributed by atoms with Crippen molar-refractivity contribution < 1.29 is 9.15 Å². The molecule has 5 heterocycles. The molecular weight excluding hydrogens is 1380 g/mol. The summed E-state index contributed by atoms with van der Waals surface area (Å²) in [4.78, 5) is 2.66. The standard InChI is InChI=1S/C108H84BN3O2/c1-106(2,3)74-51-56-93-86(61-74)87-62-75(107(4,5)6)52-57-94(87)110(93)77-65-97-104-101(66-77)114-100-60-72(78-53-48-71(67-30-14-10-15-31-67)58-85(78)70-36-20-13-21-37-70)49-55-90(100)109(104)89-54-50-73(59-95(89)112(97)105-79(68-32-16-11-17-33-68)41-28-42-80(105)69-34-18-12-19-35-69)102-88(83-43-29-47-99-103(83)84-40-24-27-46-98(84)113-99)63-76(108(7,8)9)64-96(102)111-91-44-25-22-38-81(91)82-39-23-26-45-92(82)111/h10-66H,1-9H3. The van der Waals surface area contributed by atoms with Crippen LogP contribution in [0.5, 0.6) is 11.5 Å². The molecule has 5 nitrogen and oxygen atoms in total. The maximum absolute atomic E-state index is 7.98. The molecule has 0 unspecified atom stereocenters. The minimum atomic E-state index is -0.312. The number of ether oxygens (including phenoxy) is 1. The van der Waals surface area contributed by atoms with Crippen molar-refractivity contribution in [1.82, 2.24) is 9.13 Å². The van der Waals surface area contributed by atoms with Crippen molar-refractivity contribution in [2.75, 3.05) is 4.90 Å². The number of rotatable bonds is 10. The molecular formula is C108H84BN3O2. The zero-order valence-corrected chi connectivity index (χ0v) is 65.6. The molecule has 0 radical (unpaired) electrons. The van der Waals surface area contributed by atoms with E-state index in [1.54, 1.807) is 0 Å². The van der Waals surface area contributed by atoms with E-state index in [4.69, 9.17) is 9.15 Å². The maximum atomic E-state index is 7.98.